The Hall–Kier alpha value is -2.15. The maximum atomic E-state index is 11.5. The van der Waals surface area contributed by atoms with E-state index in [1.807, 2.05) is 30.2 Å². The van der Waals surface area contributed by atoms with Crippen LogP contribution < -0.4 is 15.8 Å². The Morgan fingerprint density at radius 2 is 2.17 bits per heavy atom. The highest BCUT2D eigenvalue weighted by Gasteiger charge is 2.23. The highest BCUT2D eigenvalue weighted by atomic mass is 16.1. The molecule has 0 spiro atoms. The van der Waals surface area contributed by atoms with E-state index in [1.54, 1.807) is 13.1 Å². The van der Waals surface area contributed by atoms with Gasteiger partial charge in [0.05, 0.1) is 6.20 Å². The molecule has 0 amide bonds. The first kappa shape index (κ1) is 15.7. The minimum Gasteiger partial charge on any atom is -0.351 e. The number of anilines is 1. The van der Waals surface area contributed by atoms with Crippen LogP contribution in [0.15, 0.2) is 29.3 Å². The van der Waals surface area contributed by atoms with E-state index >= 15 is 0 Å². The molecule has 1 aliphatic heterocycles. The van der Waals surface area contributed by atoms with E-state index in [0.717, 1.165) is 31.9 Å². The summed E-state index contributed by atoms with van der Waals surface area (Å²) in [5.74, 6) is 0.889. The van der Waals surface area contributed by atoms with E-state index in [9.17, 15) is 4.79 Å². The van der Waals surface area contributed by atoms with Crippen molar-refractivity contribution in [3.05, 3.63) is 40.4 Å². The Bertz CT molecular complexity index is 707. The molecule has 0 aromatic carbocycles. The maximum Gasteiger partial charge on any atom is 0.266 e. The van der Waals surface area contributed by atoms with Gasteiger partial charge < -0.3 is 10.2 Å². The summed E-state index contributed by atoms with van der Waals surface area (Å²) in [7, 11) is 3.63. The lowest BCUT2D eigenvalue weighted by Crippen LogP contribution is -2.46. The van der Waals surface area contributed by atoms with Crippen LogP contribution in [-0.2, 0) is 20.6 Å². The predicted molar refractivity (Wildman–Crippen MR) is 89.4 cm³/mol. The lowest BCUT2D eigenvalue weighted by atomic mass is 10.0. The van der Waals surface area contributed by atoms with Crippen molar-refractivity contribution in [3.8, 4) is 0 Å². The number of aromatic nitrogens is 4. The molecule has 1 fully saturated rings. The van der Waals surface area contributed by atoms with Crippen molar-refractivity contribution in [2.24, 2.45) is 14.1 Å². The average molecular weight is 316 g/mol. The van der Waals surface area contributed by atoms with Gasteiger partial charge in [0.15, 0.2) is 0 Å². The third kappa shape index (κ3) is 3.79. The van der Waals surface area contributed by atoms with E-state index < -0.39 is 0 Å². The Morgan fingerprint density at radius 3 is 2.91 bits per heavy atom. The summed E-state index contributed by atoms with van der Waals surface area (Å²) in [6, 6.07) is 3.84. The fourth-order valence-corrected chi connectivity index (χ4v) is 3.10. The van der Waals surface area contributed by atoms with Crippen LogP contribution in [0.4, 0.5) is 5.82 Å². The molecule has 1 N–H and O–H groups in total. The molecule has 3 heterocycles. The van der Waals surface area contributed by atoms with Gasteiger partial charge in [-0.3, -0.25) is 9.48 Å². The second kappa shape index (κ2) is 6.95. The van der Waals surface area contributed by atoms with Gasteiger partial charge in [-0.1, -0.05) is 0 Å². The minimum absolute atomic E-state index is 0.0722. The van der Waals surface area contributed by atoms with Crippen LogP contribution in [0.25, 0.3) is 0 Å². The van der Waals surface area contributed by atoms with E-state index in [1.165, 1.54) is 23.1 Å². The molecule has 1 atom stereocenters. The fourth-order valence-electron chi connectivity index (χ4n) is 3.10. The number of aryl methyl sites for hydroxylation is 2. The SMILES string of the molecule is Cn1cc(CNCC2CCCCN2c2ccc(=O)n(C)n2)cn1. The summed E-state index contributed by atoms with van der Waals surface area (Å²) in [6.07, 6.45) is 7.47. The molecule has 7 nitrogen and oxygen atoms in total. The van der Waals surface area contributed by atoms with Crippen molar-refractivity contribution in [3.63, 3.8) is 0 Å². The van der Waals surface area contributed by atoms with Crippen LogP contribution in [0.2, 0.25) is 0 Å². The Labute approximate surface area is 135 Å². The standard InChI is InChI=1S/C16H24N6O/c1-20-12-13(10-18-20)9-17-11-14-5-3-4-8-22(14)15-6-7-16(23)21(2)19-15/h6-7,10,12,14,17H,3-5,8-9,11H2,1-2H3. The first-order chi connectivity index (χ1) is 11.1. The predicted octanol–water partition coefficient (Wildman–Crippen LogP) is 0.663. The third-order valence-corrected chi connectivity index (χ3v) is 4.34. The van der Waals surface area contributed by atoms with Crippen LogP contribution >= 0.6 is 0 Å². The average Bonchev–Trinajstić information content (AvgIpc) is 2.96. The molecular formula is C16H24N6O. The molecular weight excluding hydrogens is 292 g/mol. The minimum atomic E-state index is -0.0722. The number of piperidine rings is 1. The highest BCUT2D eigenvalue weighted by molar-refractivity contribution is 5.38. The zero-order chi connectivity index (χ0) is 16.2. The lowest BCUT2D eigenvalue weighted by Gasteiger charge is -2.36. The van der Waals surface area contributed by atoms with E-state index in [0.29, 0.717) is 6.04 Å². The normalized spacial score (nSPS) is 18.3. The van der Waals surface area contributed by atoms with Gasteiger partial charge in [-0.05, 0) is 25.3 Å². The van der Waals surface area contributed by atoms with Crippen molar-refractivity contribution in [1.82, 2.24) is 24.9 Å². The Balaban J connectivity index is 1.63. The fraction of sp³-hybridized carbons (Fsp3) is 0.562. The van der Waals surface area contributed by atoms with Gasteiger partial charge in [-0.2, -0.15) is 10.2 Å². The molecule has 2 aromatic heterocycles. The second-order valence-corrected chi connectivity index (χ2v) is 6.15. The largest absolute Gasteiger partial charge is 0.351 e. The van der Waals surface area contributed by atoms with Gasteiger partial charge in [0.1, 0.15) is 5.82 Å². The maximum absolute atomic E-state index is 11.5. The first-order valence-corrected chi connectivity index (χ1v) is 8.13. The number of hydrogen-bond donors (Lipinski definition) is 1. The van der Waals surface area contributed by atoms with E-state index in [4.69, 9.17) is 0 Å². The monoisotopic (exact) mass is 316 g/mol. The first-order valence-electron chi connectivity index (χ1n) is 8.13. The second-order valence-electron chi connectivity index (χ2n) is 6.15. The topological polar surface area (TPSA) is 68.0 Å². The molecule has 0 aliphatic carbocycles. The van der Waals surface area contributed by atoms with Crippen molar-refractivity contribution < 1.29 is 0 Å². The van der Waals surface area contributed by atoms with E-state index in [2.05, 4.69) is 20.4 Å². The van der Waals surface area contributed by atoms with Gasteiger partial charge >= 0.3 is 0 Å². The van der Waals surface area contributed by atoms with Crippen molar-refractivity contribution in [2.45, 2.75) is 31.8 Å². The summed E-state index contributed by atoms with van der Waals surface area (Å²) in [4.78, 5) is 13.8. The zero-order valence-electron chi connectivity index (χ0n) is 13.8. The van der Waals surface area contributed by atoms with Gasteiger partial charge in [-0.15, -0.1) is 0 Å². The molecule has 7 heteroatoms. The third-order valence-electron chi connectivity index (χ3n) is 4.34. The zero-order valence-corrected chi connectivity index (χ0v) is 13.8. The summed E-state index contributed by atoms with van der Waals surface area (Å²) < 4.78 is 3.22. The van der Waals surface area contributed by atoms with Crippen LogP contribution in [-0.4, -0.2) is 38.7 Å². The number of rotatable bonds is 5. The lowest BCUT2D eigenvalue weighted by molar-refractivity contribution is 0.429. The van der Waals surface area contributed by atoms with Gasteiger partial charge in [0.25, 0.3) is 5.56 Å². The van der Waals surface area contributed by atoms with Gasteiger partial charge in [0.2, 0.25) is 0 Å². The summed E-state index contributed by atoms with van der Waals surface area (Å²) >= 11 is 0. The summed E-state index contributed by atoms with van der Waals surface area (Å²) in [6.45, 7) is 2.71. The van der Waals surface area contributed by atoms with Crippen LogP contribution in [0.3, 0.4) is 0 Å². The number of hydrogen-bond acceptors (Lipinski definition) is 5. The van der Waals surface area contributed by atoms with Gasteiger partial charge in [0, 0.05) is 57.6 Å². The number of nitrogens with zero attached hydrogens (tertiary/aromatic N) is 5. The Morgan fingerprint density at radius 1 is 1.30 bits per heavy atom. The van der Waals surface area contributed by atoms with Crippen LogP contribution in [0.5, 0.6) is 0 Å². The molecule has 0 saturated carbocycles. The van der Waals surface area contributed by atoms with Crippen LogP contribution in [0, 0.1) is 0 Å². The molecule has 23 heavy (non-hydrogen) atoms. The molecule has 1 unspecified atom stereocenters. The highest BCUT2D eigenvalue weighted by Crippen LogP contribution is 2.21. The number of nitrogens with one attached hydrogen (secondary N) is 1. The van der Waals surface area contributed by atoms with E-state index in [-0.39, 0.29) is 5.56 Å². The molecule has 0 bridgehead atoms. The molecule has 1 saturated heterocycles. The molecule has 124 valence electrons. The van der Waals surface area contributed by atoms with Crippen molar-refractivity contribution in [2.75, 3.05) is 18.0 Å². The van der Waals surface area contributed by atoms with Crippen molar-refractivity contribution >= 4 is 5.82 Å². The summed E-state index contributed by atoms with van der Waals surface area (Å²) in [5.41, 5.74) is 1.12. The smallest absolute Gasteiger partial charge is 0.266 e. The Kier molecular flexibility index (Phi) is 4.76. The molecule has 1 aliphatic rings. The molecule has 3 rings (SSSR count). The molecule has 0 radical (unpaired) electrons. The van der Waals surface area contributed by atoms with Gasteiger partial charge in [-0.25, -0.2) is 4.68 Å². The molecule has 2 aromatic rings. The summed E-state index contributed by atoms with van der Waals surface area (Å²) in [5, 5.41) is 12.1. The van der Waals surface area contributed by atoms with Crippen LogP contribution in [0.1, 0.15) is 24.8 Å². The quantitative estimate of drug-likeness (QED) is 0.878. The van der Waals surface area contributed by atoms with Crippen molar-refractivity contribution in [1.29, 1.82) is 0 Å².